The van der Waals surface area contributed by atoms with Crippen molar-refractivity contribution in [3.63, 3.8) is 0 Å². The molecule has 5 atom stereocenters. The second kappa shape index (κ2) is 18.2. The number of nitrogens with two attached hydrogens (primary N) is 1. The van der Waals surface area contributed by atoms with Gasteiger partial charge < -0.3 is 40.0 Å². The molecule has 0 spiro atoms. The van der Waals surface area contributed by atoms with Gasteiger partial charge in [0.25, 0.3) is 0 Å². The number of fused-ring (bicyclic) bond motifs is 5. The van der Waals surface area contributed by atoms with Gasteiger partial charge in [-0.25, -0.2) is 27.9 Å². The first-order valence-electron chi connectivity index (χ1n) is 21.9. The van der Waals surface area contributed by atoms with Crippen molar-refractivity contribution in [1.82, 2.24) is 34.7 Å². The lowest BCUT2D eigenvalue weighted by Crippen LogP contribution is -2.46. The minimum Gasteiger partial charge on any atom is -0.469 e. The van der Waals surface area contributed by atoms with Crippen LogP contribution >= 0.6 is 0 Å². The third-order valence-corrected chi connectivity index (χ3v) is 12.3. The van der Waals surface area contributed by atoms with Crippen molar-refractivity contribution >= 4 is 28.7 Å². The Balaban J connectivity index is 1.13. The Bertz CT molecular complexity index is 2470. The molecule has 7 rings (SSSR count). The maximum absolute atomic E-state index is 16.3. The molecule has 3 aromatic heterocycles. The van der Waals surface area contributed by atoms with Crippen LogP contribution in [0, 0.1) is 29.5 Å². The summed E-state index contributed by atoms with van der Waals surface area (Å²) in [5, 5.41) is 3.45. The molecule has 0 aliphatic carbocycles. The first-order valence-corrected chi connectivity index (χ1v) is 21.9. The zero-order valence-electron chi connectivity index (χ0n) is 37.2. The van der Waals surface area contributed by atoms with Crippen LogP contribution in [0.3, 0.4) is 0 Å². The number of carbonyl (C=O) groups excluding carboxylic acids is 3. The summed E-state index contributed by atoms with van der Waals surface area (Å²) in [6, 6.07) is 9.48. The lowest BCUT2D eigenvalue weighted by Gasteiger charge is -2.32. The number of carbonyl (C=O) groups is 3. The van der Waals surface area contributed by atoms with Crippen LogP contribution in [0.5, 0.6) is 5.75 Å². The maximum atomic E-state index is 16.3. The normalized spacial score (nSPS) is 17.8. The third-order valence-electron chi connectivity index (χ3n) is 12.3. The molecular formula is C47H59F3N8O5. The Morgan fingerprint density at radius 2 is 1.75 bits per heavy atom. The molecule has 2 aliphatic rings. The number of rotatable bonds is 16. The molecule has 0 saturated carbocycles. The average molecular weight is 873 g/mol. The minimum atomic E-state index is -2.96. The lowest BCUT2D eigenvalue weighted by molar-refractivity contribution is -0.134. The van der Waals surface area contributed by atoms with Gasteiger partial charge in [-0.3, -0.25) is 9.59 Å². The number of imidazole rings is 2. The van der Waals surface area contributed by atoms with Gasteiger partial charge in [0.1, 0.15) is 23.2 Å². The van der Waals surface area contributed by atoms with Crippen molar-refractivity contribution < 1.29 is 37.0 Å². The highest BCUT2D eigenvalue weighted by atomic mass is 19.3. The third kappa shape index (κ3) is 9.65. The number of alkyl carbamates (subject to hydrolysis) is 1. The van der Waals surface area contributed by atoms with E-state index in [1.165, 1.54) is 13.2 Å². The Hall–Kier alpha value is -5.64. The highest BCUT2D eigenvalue weighted by Crippen LogP contribution is 2.47. The molecule has 1 saturated heterocycles. The van der Waals surface area contributed by atoms with Crippen LogP contribution in [0.15, 0.2) is 48.8 Å². The summed E-state index contributed by atoms with van der Waals surface area (Å²) >= 11 is 0. The van der Waals surface area contributed by atoms with Crippen LogP contribution in [0.1, 0.15) is 104 Å². The van der Waals surface area contributed by atoms with Gasteiger partial charge in [-0.15, -0.1) is 0 Å². The fourth-order valence-corrected chi connectivity index (χ4v) is 8.97. The van der Waals surface area contributed by atoms with E-state index in [-0.39, 0.29) is 54.7 Å². The highest BCUT2D eigenvalue weighted by Gasteiger charge is 2.37. The number of ketones is 1. The van der Waals surface area contributed by atoms with Gasteiger partial charge in [-0.05, 0) is 74.3 Å². The van der Waals surface area contributed by atoms with Crippen LogP contribution in [0.4, 0.5) is 18.0 Å². The van der Waals surface area contributed by atoms with Crippen molar-refractivity contribution in [2.45, 2.75) is 117 Å². The number of aromatic amines is 2. The number of alkyl halides is 2. The molecule has 5 heterocycles. The Labute approximate surface area is 365 Å². The Morgan fingerprint density at radius 3 is 2.43 bits per heavy atom. The van der Waals surface area contributed by atoms with E-state index in [0.717, 1.165) is 41.9 Å². The van der Waals surface area contributed by atoms with Crippen LogP contribution in [0.2, 0.25) is 0 Å². The summed E-state index contributed by atoms with van der Waals surface area (Å²) in [7, 11) is 1.22. The monoisotopic (exact) mass is 872 g/mol. The zero-order chi connectivity index (χ0) is 45.5. The van der Waals surface area contributed by atoms with Crippen LogP contribution in [-0.4, -0.2) is 78.8 Å². The summed E-state index contributed by atoms with van der Waals surface area (Å²) in [5.41, 5.74) is 10.8. The van der Waals surface area contributed by atoms with Crippen molar-refractivity contribution in [3.05, 3.63) is 66.3 Å². The predicted molar refractivity (Wildman–Crippen MR) is 234 cm³/mol. The smallest absolute Gasteiger partial charge is 0.407 e. The molecule has 5 aromatic rings. The van der Waals surface area contributed by atoms with Crippen molar-refractivity contribution in [3.8, 4) is 39.5 Å². The molecular weight excluding hydrogens is 814 g/mol. The number of H-pyrrole nitrogens is 2. The van der Waals surface area contributed by atoms with E-state index in [2.05, 4.69) is 48.4 Å². The summed E-state index contributed by atoms with van der Waals surface area (Å²) in [4.78, 5) is 55.7. The number of likely N-dealkylation sites (tertiary alicyclic amines) is 1. The molecule has 2 amide bonds. The summed E-state index contributed by atoms with van der Waals surface area (Å²) in [6.45, 7) is 13.0. The van der Waals surface area contributed by atoms with E-state index in [1.54, 1.807) is 37.2 Å². The summed E-state index contributed by atoms with van der Waals surface area (Å²) in [6.07, 6.45) is 3.65. The standard InChI is InChI=1S/C47H59F3N8O5/c1-24(2)41(51)44(60)57-15-9-10-36(57)43-53-23-34(55-43)30-20-39-31(19-32(30)48)37-18-29-17-28(12-13-35(29)58(37)45(63-39)26(5)6)33-22-52-40(54-33)16-27(21-47(7,49)50)11-14-38(59)42(25(3)4)56-46(61)62-8/h12-13,17-20,22-27,36,41-42,45H,9-11,14-16,21,51H2,1-8H3,(H,52,54)(H,53,55)(H,56,61). The number of methoxy groups -OCH3 is 1. The number of hydrogen-bond acceptors (Lipinski definition) is 8. The molecule has 0 bridgehead atoms. The lowest BCUT2D eigenvalue weighted by atomic mass is 9.89. The topological polar surface area (TPSA) is 173 Å². The first kappa shape index (κ1) is 45.4. The first-order chi connectivity index (χ1) is 29.8. The minimum absolute atomic E-state index is 0.00633. The predicted octanol–water partition coefficient (Wildman–Crippen LogP) is 9.36. The number of nitrogens with zero attached hydrogens (tertiary/aromatic N) is 4. The second-order valence-electron chi connectivity index (χ2n) is 18.3. The van der Waals surface area contributed by atoms with Crippen molar-refractivity contribution in [2.75, 3.05) is 13.7 Å². The van der Waals surface area contributed by atoms with Gasteiger partial charge in [0, 0.05) is 53.8 Å². The van der Waals surface area contributed by atoms with Crippen LogP contribution in [-0.2, 0) is 20.7 Å². The average Bonchev–Trinajstić information content (AvgIpc) is 4.06. The number of benzene rings is 2. The number of halogens is 3. The summed E-state index contributed by atoms with van der Waals surface area (Å²) in [5.74, 6) is -2.89. The number of nitrogens with one attached hydrogen (secondary N) is 3. The van der Waals surface area contributed by atoms with E-state index in [9.17, 15) is 23.2 Å². The van der Waals surface area contributed by atoms with E-state index >= 15 is 4.39 Å². The molecule has 338 valence electrons. The summed E-state index contributed by atoms with van der Waals surface area (Å²) < 4.78 is 58.5. The van der Waals surface area contributed by atoms with Gasteiger partial charge in [0.2, 0.25) is 11.8 Å². The van der Waals surface area contributed by atoms with Gasteiger partial charge in [0.05, 0.1) is 60.2 Å². The largest absolute Gasteiger partial charge is 0.469 e. The number of amides is 2. The quantitative estimate of drug-likeness (QED) is 0.0759. The highest BCUT2D eigenvalue weighted by molar-refractivity contribution is 5.92. The number of Topliss-reactive ketones (excluding diaryl/α,β-unsaturated/α-hetero) is 1. The van der Waals surface area contributed by atoms with E-state index in [0.29, 0.717) is 46.5 Å². The number of ether oxygens (including phenoxy) is 2. The molecule has 16 heteroatoms. The van der Waals surface area contributed by atoms with Gasteiger partial charge >= 0.3 is 6.09 Å². The van der Waals surface area contributed by atoms with Crippen LogP contribution in [0.25, 0.3) is 44.7 Å². The van der Waals surface area contributed by atoms with Gasteiger partial charge in [-0.1, -0.05) is 47.6 Å². The molecule has 13 nitrogen and oxygen atoms in total. The molecule has 2 aliphatic heterocycles. The van der Waals surface area contributed by atoms with Crippen molar-refractivity contribution in [1.29, 1.82) is 0 Å². The fourth-order valence-electron chi connectivity index (χ4n) is 8.97. The Kier molecular flexibility index (Phi) is 13.1. The molecule has 5 N–H and O–H groups in total. The van der Waals surface area contributed by atoms with Gasteiger partial charge in [-0.2, -0.15) is 0 Å². The molecule has 2 aromatic carbocycles. The fraction of sp³-hybridized carbons (Fsp3) is 0.511. The Morgan fingerprint density at radius 1 is 1.00 bits per heavy atom. The van der Waals surface area contributed by atoms with Crippen LogP contribution < -0.4 is 15.8 Å². The SMILES string of the molecule is COC(=O)NC(C(=O)CCC(Cc1ncc(-c2ccc3c(c2)cc2n3C(C(C)C)Oc3cc(-c4cnc(C5CCCN5C(=O)C(N)C(C)C)[nH]4)c(F)cc3-2)[nH]1)CC(C)(F)F)C(C)C. The maximum Gasteiger partial charge on any atom is 0.407 e. The zero-order valence-corrected chi connectivity index (χ0v) is 37.2. The van der Waals surface area contributed by atoms with Gasteiger partial charge in [0.15, 0.2) is 12.0 Å². The number of aromatic nitrogens is 5. The number of hydrogen-bond donors (Lipinski definition) is 4. The molecule has 5 unspecified atom stereocenters. The van der Waals surface area contributed by atoms with E-state index in [4.69, 9.17) is 10.5 Å². The second-order valence-corrected chi connectivity index (χ2v) is 18.3. The molecule has 63 heavy (non-hydrogen) atoms. The van der Waals surface area contributed by atoms with E-state index in [1.807, 2.05) is 38.1 Å². The molecule has 1 fully saturated rings. The van der Waals surface area contributed by atoms with E-state index < -0.39 is 48.5 Å². The van der Waals surface area contributed by atoms with Crippen molar-refractivity contribution in [2.24, 2.45) is 29.4 Å². The molecule has 0 radical (unpaired) electrons.